The fraction of sp³-hybridized carbons (Fsp3) is 0.0769. The lowest BCUT2D eigenvalue weighted by Crippen LogP contribution is -1.99. The summed E-state index contributed by atoms with van der Waals surface area (Å²) in [4.78, 5) is 8.79. The zero-order valence-electron chi connectivity index (χ0n) is 16.4. The molecule has 0 radical (unpaired) electrons. The number of rotatable bonds is 6. The highest BCUT2D eigenvalue weighted by atomic mass is 16.5. The lowest BCUT2D eigenvalue weighted by atomic mass is 10.2. The molecule has 4 rings (SSSR count). The van der Waals surface area contributed by atoms with Gasteiger partial charge in [-0.25, -0.2) is 9.97 Å². The zero-order chi connectivity index (χ0) is 20.4. The molecule has 0 N–H and O–H groups in total. The van der Waals surface area contributed by atoms with Gasteiger partial charge in [-0.3, -0.25) is 0 Å². The van der Waals surface area contributed by atoms with Crippen molar-refractivity contribution in [3.63, 3.8) is 0 Å². The molecule has 0 atom stereocenters. The SMILES string of the molecule is C(#Cc1cccnc1OCc1ccccc1)c1cccc(OCc2ccccc2)n1. The first-order valence-corrected chi connectivity index (χ1v) is 9.64. The topological polar surface area (TPSA) is 44.2 Å². The van der Waals surface area contributed by atoms with Crippen molar-refractivity contribution < 1.29 is 9.47 Å². The Bertz CT molecular complexity index is 1150. The van der Waals surface area contributed by atoms with Gasteiger partial charge in [0.25, 0.3) is 0 Å². The largest absolute Gasteiger partial charge is 0.473 e. The third-order valence-electron chi connectivity index (χ3n) is 4.27. The quantitative estimate of drug-likeness (QED) is 0.432. The molecular formula is C26H20N2O2. The number of aromatic nitrogens is 2. The maximum atomic E-state index is 5.86. The third-order valence-corrected chi connectivity index (χ3v) is 4.27. The lowest BCUT2D eigenvalue weighted by molar-refractivity contribution is 0.293. The van der Waals surface area contributed by atoms with E-state index >= 15 is 0 Å². The molecule has 0 aliphatic rings. The number of pyridine rings is 2. The van der Waals surface area contributed by atoms with Crippen LogP contribution >= 0.6 is 0 Å². The van der Waals surface area contributed by atoms with Crippen LogP contribution in [-0.4, -0.2) is 9.97 Å². The first kappa shape index (κ1) is 19.2. The van der Waals surface area contributed by atoms with Gasteiger partial charge in [0, 0.05) is 12.3 Å². The standard InChI is InChI=1S/C26H20N2O2/c1-3-9-21(10-4-1)19-29-25-15-7-14-24(28-25)17-16-23-13-8-18-27-26(23)30-20-22-11-5-2-6-12-22/h1-15,18H,19-20H2. The fourth-order valence-corrected chi connectivity index (χ4v) is 2.75. The van der Waals surface area contributed by atoms with Gasteiger partial charge in [0.2, 0.25) is 11.8 Å². The van der Waals surface area contributed by atoms with E-state index in [1.54, 1.807) is 6.20 Å². The Hall–Kier alpha value is -4.10. The monoisotopic (exact) mass is 392 g/mol. The molecule has 2 aromatic heterocycles. The van der Waals surface area contributed by atoms with Crippen molar-refractivity contribution in [3.05, 3.63) is 120 Å². The average molecular weight is 392 g/mol. The zero-order valence-corrected chi connectivity index (χ0v) is 16.4. The van der Waals surface area contributed by atoms with Gasteiger partial charge in [-0.2, -0.15) is 0 Å². The lowest BCUT2D eigenvalue weighted by Gasteiger charge is -2.07. The molecule has 4 aromatic rings. The van der Waals surface area contributed by atoms with Crippen LogP contribution < -0.4 is 9.47 Å². The number of hydrogen-bond acceptors (Lipinski definition) is 4. The molecule has 0 aliphatic carbocycles. The number of ether oxygens (including phenoxy) is 2. The van der Waals surface area contributed by atoms with E-state index in [1.807, 2.05) is 91.0 Å². The predicted octanol–water partition coefficient (Wildman–Crippen LogP) is 5.03. The van der Waals surface area contributed by atoms with Gasteiger partial charge in [0.15, 0.2) is 0 Å². The summed E-state index contributed by atoms with van der Waals surface area (Å²) in [5, 5.41) is 0. The van der Waals surface area contributed by atoms with Crippen molar-refractivity contribution in [2.75, 3.05) is 0 Å². The van der Waals surface area contributed by atoms with Crippen molar-refractivity contribution in [3.8, 4) is 23.6 Å². The minimum Gasteiger partial charge on any atom is -0.473 e. The summed E-state index contributed by atoms with van der Waals surface area (Å²) in [6.07, 6.45) is 1.70. The summed E-state index contributed by atoms with van der Waals surface area (Å²) in [5.74, 6) is 7.23. The van der Waals surface area contributed by atoms with Gasteiger partial charge >= 0.3 is 0 Å². The van der Waals surface area contributed by atoms with E-state index in [2.05, 4.69) is 21.8 Å². The van der Waals surface area contributed by atoms with Crippen LogP contribution in [0.15, 0.2) is 97.2 Å². The Labute approximate surface area is 176 Å². The van der Waals surface area contributed by atoms with Crippen molar-refractivity contribution in [2.24, 2.45) is 0 Å². The Morgan fingerprint density at radius 3 is 2.07 bits per heavy atom. The Morgan fingerprint density at radius 1 is 0.633 bits per heavy atom. The van der Waals surface area contributed by atoms with Crippen LogP contribution in [-0.2, 0) is 13.2 Å². The van der Waals surface area contributed by atoms with Crippen LogP contribution in [0.25, 0.3) is 0 Å². The minimum atomic E-state index is 0.438. The van der Waals surface area contributed by atoms with Crippen LogP contribution in [0.2, 0.25) is 0 Å². The van der Waals surface area contributed by atoms with E-state index in [9.17, 15) is 0 Å². The molecule has 30 heavy (non-hydrogen) atoms. The second kappa shape index (κ2) is 9.90. The molecule has 0 bridgehead atoms. The van der Waals surface area contributed by atoms with Crippen LogP contribution in [0.4, 0.5) is 0 Å². The molecule has 2 heterocycles. The smallest absolute Gasteiger partial charge is 0.229 e. The van der Waals surface area contributed by atoms with E-state index < -0.39 is 0 Å². The van der Waals surface area contributed by atoms with Gasteiger partial charge in [-0.05, 0) is 35.2 Å². The molecule has 0 unspecified atom stereocenters. The molecule has 0 fully saturated rings. The summed E-state index contributed by atoms with van der Waals surface area (Å²) in [5.41, 5.74) is 3.50. The Kier molecular flexibility index (Phi) is 6.35. The van der Waals surface area contributed by atoms with E-state index in [0.717, 1.165) is 11.1 Å². The molecule has 4 nitrogen and oxygen atoms in total. The molecular weight excluding hydrogens is 372 g/mol. The van der Waals surface area contributed by atoms with Crippen molar-refractivity contribution >= 4 is 0 Å². The molecule has 0 saturated carbocycles. The second-order valence-electron chi connectivity index (χ2n) is 6.52. The molecule has 0 amide bonds. The summed E-state index contributed by atoms with van der Waals surface area (Å²) in [6.45, 7) is 0.901. The van der Waals surface area contributed by atoms with E-state index in [1.165, 1.54) is 0 Å². The summed E-state index contributed by atoms with van der Waals surface area (Å²) >= 11 is 0. The number of hydrogen-bond donors (Lipinski definition) is 0. The summed E-state index contributed by atoms with van der Waals surface area (Å²) < 4.78 is 11.6. The predicted molar refractivity (Wildman–Crippen MR) is 116 cm³/mol. The van der Waals surface area contributed by atoms with Crippen LogP contribution in [0, 0.1) is 11.8 Å². The molecule has 2 aromatic carbocycles. The molecule has 0 spiro atoms. The van der Waals surface area contributed by atoms with E-state index in [0.29, 0.717) is 36.2 Å². The summed E-state index contributed by atoms with van der Waals surface area (Å²) in [7, 11) is 0. The number of nitrogens with zero attached hydrogens (tertiary/aromatic N) is 2. The van der Waals surface area contributed by atoms with Crippen molar-refractivity contribution in [1.29, 1.82) is 0 Å². The van der Waals surface area contributed by atoms with E-state index in [-0.39, 0.29) is 0 Å². The van der Waals surface area contributed by atoms with Gasteiger partial charge in [-0.1, -0.05) is 72.7 Å². The van der Waals surface area contributed by atoms with Crippen LogP contribution in [0.1, 0.15) is 22.4 Å². The Balaban J connectivity index is 1.45. The maximum absolute atomic E-state index is 5.86. The highest BCUT2D eigenvalue weighted by Crippen LogP contribution is 2.16. The van der Waals surface area contributed by atoms with Gasteiger partial charge < -0.3 is 9.47 Å². The highest BCUT2D eigenvalue weighted by Gasteiger charge is 2.03. The van der Waals surface area contributed by atoms with Crippen LogP contribution in [0.3, 0.4) is 0 Å². The highest BCUT2D eigenvalue weighted by molar-refractivity contribution is 5.45. The molecule has 4 heteroatoms. The van der Waals surface area contributed by atoms with Crippen molar-refractivity contribution in [1.82, 2.24) is 9.97 Å². The number of benzene rings is 2. The Morgan fingerprint density at radius 2 is 1.33 bits per heavy atom. The maximum Gasteiger partial charge on any atom is 0.229 e. The van der Waals surface area contributed by atoms with Crippen LogP contribution in [0.5, 0.6) is 11.8 Å². The first-order chi connectivity index (χ1) is 14.9. The van der Waals surface area contributed by atoms with Crippen molar-refractivity contribution in [2.45, 2.75) is 13.2 Å². The van der Waals surface area contributed by atoms with Gasteiger partial charge in [-0.15, -0.1) is 0 Å². The summed E-state index contributed by atoms with van der Waals surface area (Å²) in [6, 6.07) is 29.2. The molecule has 146 valence electrons. The second-order valence-corrected chi connectivity index (χ2v) is 6.52. The first-order valence-electron chi connectivity index (χ1n) is 9.64. The van der Waals surface area contributed by atoms with Gasteiger partial charge in [0.05, 0.1) is 5.56 Å². The normalized spacial score (nSPS) is 10.0. The van der Waals surface area contributed by atoms with Gasteiger partial charge in [0.1, 0.15) is 18.9 Å². The molecule has 0 saturated heterocycles. The fourth-order valence-electron chi connectivity index (χ4n) is 2.75. The minimum absolute atomic E-state index is 0.438. The third kappa shape index (κ3) is 5.46. The average Bonchev–Trinajstić information content (AvgIpc) is 2.82. The molecule has 0 aliphatic heterocycles. The van der Waals surface area contributed by atoms with E-state index in [4.69, 9.17) is 9.47 Å².